The number of allylic oxidation sites excluding steroid dienone is 1. The fraction of sp³-hybridized carbons (Fsp3) is 0.406. The first kappa shape index (κ1) is 25.9. The van der Waals surface area contributed by atoms with Gasteiger partial charge >= 0.3 is 0 Å². The number of anilines is 2. The molecule has 0 radical (unpaired) electrons. The highest BCUT2D eigenvalue weighted by atomic mass is 19.2. The molecule has 1 N–H and O–H groups in total. The van der Waals surface area contributed by atoms with Crippen LogP contribution in [0.2, 0.25) is 0 Å². The number of benzene rings is 3. The number of fused-ring (bicyclic) bond motifs is 4. The van der Waals surface area contributed by atoms with Gasteiger partial charge in [0.1, 0.15) is 5.69 Å². The van der Waals surface area contributed by atoms with E-state index in [1.54, 1.807) is 6.07 Å². The van der Waals surface area contributed by atoms with E-state index in [9.17, 15) is 4.79 Å². The number of hydrogen-bond donors (Lipinski definition) is 1. The molecule has 3 aromatic rings. The van der Waals surface area contributed by atoms with Crippen molar-refractivity contribution < 1.29 is 22.4 Å². The number of nitrogens with zero attached hydrogens (tertiary/aromatic N) is 1. The van der Waals surface area contributed by atoms with Gasteiger partial charge in [-0.3, -0.25) is 4.79 Å². The molecule has 1 saturated heterocycles. The van der Waals surface area contributed by atoms with Crippen molar-refractivity contribution in [1.82, 2.24) is 0 Å². The molecular formula is C32H32F4N2O. The van der Waals surface area contributed by atoms with Gasteiger partial charge in [-0.2, -0.15) is 0 Å². The third kappa shape index (κ3) is 4.12. The Morgan fingerprint density at radius 3 is 2.18 bits per heavy atom. The Kier molecular flexibility index (Phi) is 6.05. The number of carbonyl (C=O) groups excluding carboxylic acids is 1. The second-order valence-corrected chi connectivity index (χ2v) is 12.5. The van der Waals surface area contributed by atoms with Gasteiger partial charge in [0.15, 0.2) is 29.1 Å². The summed E-state index contributed by atoms with van der Waals surface area (Å²) in [5.74, 6) is -5.77. The average Bonchev–Trinajstić information content (AvgIpc) is 2.86. The molecular weight excluding hydrogens is 504 g/mol. The average molecular weight is 537 g/mol. The zero-order valence-electron chi connectivity index (χ0n) is 22.6. The van der Waals surface area contributed by atoms with Gasteiger partial charge in [0.05, 0.1) is 11.6 Å². The van der Waals surface area contributed by atoms with Gasteiger partial charge in [0, 0.05) is 36.3 Å². The van der Waals surface area contributed by atoms with Crippen LogP contribution in [0.3, 0.4) is 0 Å². The van der Waals surface area contributed by atoms with Gasteiger partial charge in [0.2, 0.25) is 0 Å². The summed E-state index contributed by atoms with van der Waals surface area (Å²) < 4.78 is 63.2. The number of hydrogen-bond acceptors (Lipinski definition) is 3. The van der Waals surface area contributed by atoms with Crippen LogP contribution in [0.25, 0.3) is 16.3 Å². The normalized spacial score (nSPS) is 24.5. The molecule has 3 unspecified atom stereocenters. The number of nitrogens with one attached hydrogen (secondary N) is 1. The summed E-state index contributed by atoms with van der Waals surface area (Å²) in [6.07, 6.45) is 1.53. The van der Waals surface area contributed by atoms with E-state index < -0.39 is 40.6 Å². The number of carbonyl (C=O) groups is 1. The van der Waals surface area contributed by atoms with Crippen molar-refractivity contribution in [2.45, 2.75) is 53.0 Å². The van der Waals surface area contributed by atoms with Crippen LogP contribution in [-0.4, -0.2) is 18.9 Å². The molecule has 39 heavy (non-hydrogen) atoms. The van der Waals surface area contributed by atoms with Crippen molar-refractivity contribution in [3.8, 4) is 0 Å². The molecule has 3 aromatic carbocycles. The molecule has 0 spiro atoms. The summed E-state index contributed by atoms with van der Waals surface area (Å²) in [7, 11) is 0. The fourth-order valence-electron chi connectivity index (χ4n) is 7.07. The highest BCUT2D eigenvalue weighted by Crippen LogP contribution is 2.53. The summed E-state index contributed by atoms with van der Waals surface area (Å²) in [5.41, 5.74) is 0.397. The van der Waals surface area contributed by atoms with Crippen LogP contribution in [0, 0.1) is 40.5 Å². The summed E-state index contributed by atoms with van der Waals surface area (Å²) in [4.78, 5) is 15.0. The Balaban J connectivity index is 1.57. The molecule has 1 aliphatic carbocycles. The molecule has 2 aliphatic heterocycles. The van der Waals surface area contributed by atoms with Crippen molar-refractivity contribution in [2.24, 2.45) is 17.3 Å². The molecule has 3 aliphatic rings. The number of Topliss-reactive ketones (excluding diaryl/α,β-unsaturated/α-hetero) is 1. The third-order valence-corrected chi connectivity index (χ3v) is 8.49. The first-order valence-electron chi connectivity index (χ1n) is 13.6. The van der Waals surface area contributed by atoms with E-state index >= 15 is 17.6 Å². The maximum absolute atomic E-state index is 15.9. The summed E-state index contributed by atoms with van der Waals surface area (Å²) in [6.45, 7) is 8.48. The topological polar surface area (TPSA) is 32.3 Å². The van der Waals surface area contributed by atoms with Gasteiger partial charge in [-0.1, -0.05) is 58.0 Å². The van der Waals surface area contributed by atoms with Crippen molar-refractivity contribution in [1.29, 1.82) is 0 Å². The molecule has 0 aromatic heterocycles. The standard InChI is InChI=1S/C32H32F4N2O/c1-16-11-17(2)15-38(14-16)31-28(35)26(33)25(27(34)29(31)36)30-24-20(12-32(3,4)13-22(24)39)23-19-8-6-5-7-18(19)9-10-21(23)37-30/h5-10,16-17,30,37H,11-15H2,1-4H3. The Morgan fingerprint density at radius 1 is 0.872 bits per heavy atom. The van der Waals surface area contributed by atoms with Crippen LogP contribution in [0.1, 0.15) is 64.1 Å². The van der Waals surface area contributed by atoms with Crippen LogP contribution in [-0.2, 0) is 4.79 Å². The zero-order chi connectivity index (χ0) is 27.8. The predicted molar refractivity (Wildman–Crippen MR) is 147 cm³/mol. The number of halogens is 4. The lowest BCUT2D eigenvalue weighted by Gasteiger charge is -2.40. The van der Waals surface area contributed by atoms with Crippen molar-refractivity contribution in [3.63, 3.8) is 0 Å². The van der Waals surface area contributed by atoms with Gasteiger partial charge < -0.3 is 10.2 Å². The third-order valence-electron chi connectivity index (χ3n) is 8.49. The van der Waals surface area contributed by atoms with E-state index in [1.165, 1.54) is 4.90 Å². The van der Waals surface area contributed by atoms with E-state index in [4.69, 9.17) is 0 Å². The molecule has 3 atom stereocenters. The lowest BCUT2D eigenvalue weighted by molar-refractivity contribution is -0.118. The van der Waals surface area contributed by atoms with E-state index in [-0.39, 0.29) is 35.0 Å². The largest absolute Gasteiger partial charge is 0.373 e. The first-order valence-corrected chi connectivity index (χ1v) is 13.6. The molecule has 1 fully saturated rings. The van der Waals surface area contributed by atoms with Gasteiger partial charge in [-0.05, 0) is 52.5 Å². The van der Waals surface area contributed by atoms with E-state index in [0.717, 1.165) is 22.8 Å². The number of ketones is 1. The van der Waals surface area contributed by atoms with Crippen molar-refractivity contribution in [3.05, 3.63) is 76.4 Å². The molecule has 3 nitrogen and oxygen atoms in total. The van der Waals surface area contributed by atoms with E-state index in [0.29, 0.717) is 30.8 Å². The molecule has 6 rings (SSSR count). The zero-order valence-corrected chi connectivity index (χ0v) is 22.6. The maximum Gasteiger partial charge on any atom is 0.185 e. The summed E-state index contributed by atoms with van der Waals surface area (Å²) in [6, 6.07) is 10.1. The second-order valence-electron chi connectivity index (χ2n) is 12.5. The quantitative estimate of drug-likeness (QED) is 0.265. The summed E-state index contributed by atoms with van der Waals surface area (Å²) >= 11 is 0. The molecule has 204 valence electrons. The minimum atomic E-state index is -1.46. The molecule has 7 heteroatoms. The monoisotopic (exact) mass is 536 g/mol. The molecule has 2 heterocycles. The molecule has 0 saturated carbocycles. The van der Waals surface area contributed by atoms with Gasteiger partial charge in [-0.15, -0.1) is 0 Å². The summed E-state index contributed by atoms with van der Waals surface area (Å²) in [5, 5.41) is 4.97. The van der Waals surface area contributed by atoms with E-state index in [2.05, 4.69) is 5.32 Å². The fourth-order valence-corrected chi connectivity index (χ4v) is 7.07. The minimum Gasteiger partial charge on any atom is -0.373 e. The molecule has 0 amide bonds. The van der Waals surface area contributed by atoms with Crippen LogP contribution in [0.15, 0.2) is 42.0 Å². The number of piperidine rings is 1. The Bertz CT molecular complexity index is 1520. The van der Waals surface area contributed by atoms with Crippen LogP contribution in [0.5, 0.6) is 0 Å². The highest BCUT2D eigenvalue weighted by molar-refractivity contribution is 6.12. The second kappa shape index (κ2) is 9.10. The van der Waals surface area contributed by atoms with Crippen LogP contribution >= 0.6 is 0 Å². The number of rotatable bonds is 2. The lowest BCUT2D eigenvalue weighted by atomic mass is 9.67. The SMILES string of the molecule is CC1CC(C)CN(c2c(F)c(F)c(C3Nc4ccc5ccccc5c4C4=C3C(=O)CC(C)(C)C4)c(F)c2F)C1. The Labute approximate surface area is 225 Å². The Hall–Kier alpha value is -3.35. The van der Waals surface area contributed by atoms with E-state index in [1.807, 2.05) is 58.0 Å². The smallest absolute Gasteiger partial charge is 0.185 e. The van der Waals surface area contributed by atoms with Gasteiger partial charge in [0.25, 0.3) is 0 Å². The molecule has 0 bridgehead atoms. The van der Waals surface area contributed by atoms with Crippen molar-refractivity contribution >= 4 is 33.5 Å². The Morgan fingerprint density at radius 2 is 1.51 bits per heavy atom. The lowest BCUT2D eigenvalue weighted by Crippen LogP contribution is -2.40. The van der Waals surface area contributed by atoms with Crippen molar-refractivity contribution in [2.75, 3.05) is 23.3 Å². The van der Waals surface area contributed by atoms with Gasteiger partial charge in [-0.25, -0.2) is 17.6 Å². The van der Waals surface area contributed by atoms with Crippen LogP contribution in [0.4, 0.5) is 28.9 Å². The minimum absolute atomic E-state index is 0.126. The van der Waals surface area contributed by atoms with Crippen LogP contribution < -0.4 is 10.2 Å². The maximum atomic E-state index is 15.9. The highest BCUT2D eigenvalue weighted by Gasteiger charge is 2.44. The predicted octanol–water partition coefficient (Wildman–Crippen LogP) is 8.19. The first-order chi connectivity index (χ1) is 18.5.